The number of sulfonamides is 1. The molecule has 134 valence electrons. The fourth-order valence-corrected chi connectivity index (χ4v) is 3.09. The fourth-order valence-electron chi connectivity index (χ4n) is 1.91. The maximum absolute atomic E-state index is 12.2. The van der Waals surface area contributed by atoms with Gasteiger partial charge in [0.1, 0.15) is 0 Å². The minimum absolute atomic E-state index is 0.0190. The summed E-state index contributed by atoms with van der Waals surface area (Å²) in [6, 6.07) is 7.26. The molecule has 0 saturated carbocycles. The first-order valence-corrected chi connectivity index (χ1v) is 9.46. The number of halogens is 1. The zero-order valence-corrected chi connectivity index (χ0v) is 15.6. The smallest absolute Gasteiger partial charge is 0.287 e. The summed E-state index contributed by atoms with van der Waals surface area (Å²) in [6.45, 7) is 0.359. The first-order valence-electron chi connectivity index (χ1n) is 7.18. The standard InChI is InChI=1S/C15H16BrN3O5S/c1-17-25(22,23)10-4-5-12(16)11(9-10)14(20)18-6-7-19-15(21)13-3-2-8-24-13/h2-5,8-9,17H,6-7H2,1H3,(H,18,20)(H,19,21). The van der Waals surface area contributed by atoms with E-state index in [9.17, 15) is 18.0 Å². The molecule has 1 heterocycles. The summed E-state index contributed by atoms with van der Waals surface area (Å²) in [6.07, 6.45) is 1.39. The molecule has 2 amide bonds. The van der Waals surface area contributed by atoms with Gasteiger partial charge < -0.3 is 15.1 Å². The molecular weight excluding hydrogens is 414 g/mol. The highest BCUT2D eigenvalue weighted by atomic mass is 79.9. The molecule has 1 aromatic carbocycles. The number of benzene rings is 1. The number of furan rings is 1. The predicted molar refractivity (Wildman–Crippen MR) is 93.8 cm³/mol. The molecule has 0 aliphatic rings. The Morgan fingerprint density at radius 2 is 1.80 bits per heavy atom. The lowest BCUT2D eigenvalue weighted by Crippen LogP contribution is -2.34. The summed E-state index contributed by atoms with van der Waals surface area (Å²) in [5.41, 5.74) is 0.175. The molecule has 0 fully saturated rings. The summed E-state index contributed by atoms with van der Waals surface area (Å²) in [7, 11) is -2.36. The second kappa shape index (κ2) is 8.28. The monoisotopic (exact) mass is 429 g/mol. The van der Waals surface area contributed by atoms with Crippen molar-refractivity contribution in [1.82, 2.24) is 15.4 Å². The summed E-state index contributed by atoms with van der Waals surface area (Å²) in [4.78, 5) is 23.9. The van der Waals surface area contributed by atoms with Gasteiger partial charge in [-0.05, 0) is 53.3 Å². The number of nitrogens with one attached hydrogen (secondary N) is 3. The number of hydrogen-bond donors (Lipinski definition) is 3. The van der Waals surface area contributed by atoms with Gasteiger partial charge in [0, 0.05) is 17.6 Å². The number of carbonyl (C=O) groups is 2. The zero-order chi connectivity index (χ0) is 18.4. The average molecular weight is 430 g/mol. The van der Waals surface area contributed by atoms with E-state index in [1.54, 1.807) is 6.07 Å². The molecule has 0 radical (unpaired) electrons. The van der Waals surface area contributed by atoms with Gasteiger partial charge in [0.2, 0.25) is 10.0 Å². The van der Waals surface area contributed by atoms with E-state index in [1.807, 2.05) is 0 Å². The second-order valence-corrected chi connectivity index (χ2v) is 7.58. The van der Waals surface area contributed by atoms with Crippen molar-refractivity contribution in [2.24, 2.45) is 0 Å². The van der Waals surface area contributed by atoms with Crippen LogP contribution in [0.2, 0.25) is 0 Å². The highest BCUT2D eigenvalue weighted by Crippen LogP contribution is 2.20. The molecule has 0 aliphatic carbocycles. The van der Waals surface area contributed by atoms with Crippen LogP contribution in [0.1, 0.15) is 20.9 Å². The molecule has 0 spiro atoms. The molecule has 0 bridgehead atoms. The molecule has 10 heteroatoms. The number of rotatable bonds is 7. The molecule has 2 aromatic rings. The summed E-state index contributed by atoms with van der Waals surface area (Å²) in [5.74, 6) is -0.672. The second-order valence-electron chi connectivity index (χ2n) is 4.84. The molecule has 0 aliphatic heterocycles. The van der Waals surface area contributed by atoms with Crippen LogP contribution in [-0.2, 0) is 10.0 Å². The van der Waals surface area contributed by atoms with Crippen LogP contribution in [-0.4, -0.2) is 40.4 Å². The van der Waals surface area contributed by atoms with E-state index in [-0.39, 0.29) is 35.2 Å². The fraction of sp³-hybridized carbons (Fsp3) is 0.200. The van der Waals surface area contributed by atoms with Crippen LogP contribution < -0.4 is 15.4 Å². The Hall–Kier alpha value is -2.17. The van der Waals surface area contributed by atoms with Crippen molar-refractivity contribution < 1.29 is 22.4 Å². The zero-order valence-electron chi connectivity index (χ0n) is 13.2. The number of hydrogen-bond acceptors (Lipinski definition) is 5. The molecular formula is C15H16BrN3O5S. The van der Waals surface area contributed by atoms with E-state index in [2.05, 4.69) is 31.3 Å². The Labute approximate surface area is 153 Å². The summed E-state index contributed by atoms with van der Waals surface area (Å²) in [5, 5.41) is 5.19. The van der Waals surface area contributed by atoms with E-state index in [1.165, 1.54) is 37.6 Å². The summed E-state index contributed by atoms with van der Waals surface area (Å²) < 4.78 is 31.2. The topological polar surface area (TPSA) is 118 Å². The Kier molecular flexibility index (Phi) is 6.34. The van der Waals surface area contributed by atoms with Gasteiger partial charge >= 0.3 is 0 Å². The highest BCUT2D eigenvalue weighted by molar-refractivity contribution is 9.10. The first kappa shape index (κ1) is 19.2. The molecule has 8 nitrogen and oxygen atoms in total. The highest BCUT2D eigenvalue weighted by Gasteiger charge is 2.17. The lowest BCUT2D eigenvalue weighted by molar-refractivity contribution is 0.0910. The number of carbonyl (C=O) groups excluding carboxylic acids is 2. The van der Waals surface area contributed by atoms with Crippen LogP contribution in [0.25, 0.3) is 0 Å². The normalized spacial score (nSPS) is 11.1. The van der Waals surface area contributed by atoms with E-state index in [4.69, 9.17) is 4.42 Å². The first-order chi connectivity index (χ1) is 11.8. The molecule has 0 saturated heterocycles. The van der Waals surface area contributed by atoms with Crippen molar-refractivity contribution in [2.75, 3.05) is 20.1 Å². The van der Waals surface area contributed by atoms with E-state index in [0.717, 1.165) is 0 Å². The molecule has 3 N–H and O–H groups in total. The molecule has 2 rings (SSSR count). The van der Waals surface area contributed by atoms with Crippen molar-refractivity contribution >= 4 is 37.8 Å². The minimum Gasteiger partial charge on any atom is -0.459 e. The largest absolute Gasteiger partial charge is 0.459 e. The van der Waals surface area contributed by atoms with Gasteiger partial charge in [0.25, 0.3) is 11.8 Å². The lowest BCUT2D eigenvalue weighted by Gasteiger charge is -2.09. The molecule has 0 unspecified atom stereocenters. The van der Waals surface area contributed by atoms with Crippen molar-refractivity contribution in [3.05, 3.63) is 52.4 Å². The molecule has 0 atom stereocenters. The molecule has 25 heavy (non-hydrogen) atoms. The van der Waals surface area contributed by atoms with Crippen LogP contribution in [0.5, 0.6) is 0 Å². The Bertz CT molecular complexity index is 865. The maximum atomic E-state index is 12.2. The Balaban J connectivity index is 1.94. The van der Waals surface area contributed by atoms with Crippen LogP contribution in [0.3, 0.4) is 0 Å². The minimum atomic E-state index is -3.65. The Morgan fingerprint density at radius 1 is 1.12 bits per heavy atom. The van der Waals surface area contributed by atoms with Crippen LogP contribution in [0, 0.1) is 0 Å². The van der Waals surface area contributed by atoms with Gasteiger partial charge in [-0.3, -0.25) is 9.59 Å². The van der Waals surface area contributed by atoms with Gasteiger partial charge in [-0.1, -0.05) is 0 Å². The van der Waals surface area contributed by atoms with E-state index >= 15 is 0 Å². The maximum Gasteiger partial charge on any atom is 0.287 e. The van der Waals surface area contributed by atoms with Crippen LogP contribution in [0.4, 0.5) is 0 Å². The van der Waals surface area contributed by atoms with Gasteiger partial charge in [0.15, 0.2) is 5.76 Å². The van der Waals surface area contributed by atoms with Crippen molar-refractivity contribution in [3.8, 4) is 0 Å². The summed E-state index contributed by atoms with van der Waals surface area (Å²) >= 11 is 3.22. The van der Waals surface area contributed by atoms with Gasteiger partial charge in [-0.2, -0.15) is 0 Å². The quantitative estimate of drug-likeness (QED) is 0.569. The van der Waals surface area contributed by atoms with Crippen molar-refractivity contribution in [2.45, 2.75) is 4.90 Å². The van der Waals surface area contributed by atoms with Crippen molar-refractivity contribution in [1.29, 1.82) is 0 Å². The third-order valence-electron chi connectivity index (χ3n) is 3.20. The third kappa shape index (κ3) is 4.91. The average Bonchev–Trinajstić information content (AvgIpc) is 3.13. The van der Waals surface area contributed by atoms with E-state index in [0.29, 0.717) is 4.47 Å². The lowest BCUT2D eigenvalue weighted by atomic mass is 10.2. The SMILES string of the molecule is CNS(=O)(=O)c1ccc(Br)c(C(=O)NCCNC(=O)c2ccco2)c1. The van der Waals surface area contributed by atoms with Gasteiger partial charge in [-0.15, -0.1) is 0 Å². The molecule has 1 aromatic heterocycles. The van der Waals surface area contributed by atoms with Gasteiger partial charge in [-0.25, -0.2) is 13.1 Å². The number of amides is 2. The Morgan fingerprint density at radius 3 is 2.40 bits per heavy atom. The van der Waals surface area contributed by atoms with Crippen LogP contribution in [0.15, 0.2) is 50.4 Å². The van der Waals surface area contributed by atoms with E-state index < -0.39 is 15.9 Å². The third-order valence-corrected chi connectivity index (χ3v) is 5.31. The van der Waals surface area contributed by atoms with Crippen LogP contribution >= 0.6 is 15.9 Å². The predicted octanol–water partition coefficient (Wildman–Crippen LogP) is 1.11. The van der Waals surface area contributed by atoms with Crippen molar-refractivity contribution in [3.63, 3.8) is 0 Å². The van der Waals surface area contributed by atoms with Gasteiger partial charge in [0.05, 0.1) is 16.7 Å².